The summed E-state index contributed by atoms with van der Waals surface area (Å²) in [6, 6.07) is 13.7. The lowest BCUT2D eigenvalue weighted by Crippen LogP contribution is -2.50. The van der Waals surface area contributed by atoms with Crippen LogP contribution < -0.4 is 15.0 Å². The summed E-state index contributed by atoms with van der Waals surface area (Å²) in [5.74, 6) is 0.495. The van der Waals surface area contributed by atoms with Crippen molar-refractivity contribution in [3.8, 4) is 5.75 Å². The van der Waals surface area contributed by atoms with Gasteiger partial charge in [0.1, 0.15) is 11.6 Å². The maximum absolute atomic E-state index is 13.2. The standard InChI is InChI=1S/C20H24FN3O2/c1-15(2)26-19-9-4-3-8-18(19)23-10-12-24(13-11-23)20(25)22-17-7-5-6-16(21)14-17/h3-9,14-15H,10-13H2,1-2H3,(H,22,25). The van der Waals surface area contributed by atoms with Gasteiger partial charge in [-0.3, -0.25) is 0 Å². The maximum Gasteiger partial charge on any atom is 0.321 e. The van der Waals surface area contributed by atoms with Gasteiger partial charge in [-0.1, -0.05) is 18.2 Å². The van der Waals surface area contributed by atoms with E-state index in [2.05, 4.69) is 10.2 Å². The number of hydrogen-bond donors (Lipinski definition) is 1. The van der Waals surface area contributed by atoms with E-state index in [0.29, 0.717) is 18.8 Å². The molecular weight excluding hydrogens is 333 g/mol. The van der Waals surface area contributed by atoms with Crippen LogP contribution in [-0.4, -0.2) is 43.2 Å². The largest absolute Gasteiger partial charge is 0.489 e. The zero-order valence-corrected chi connectivity index (χ0v) is 15.1. The van der Waals surface area contributed by atoms with E-state index in [1.54, 1.807) is 17.0 Å². The minimum absolute atomic E-state index is 0.106. The van der Waals surface area contributed by atoms with Gasteiger partial charge in [0, 0.05) is 31.9 Å². The molecule has 1 heterocycles. The number of carbonyl (C=O) groups is 1. The Morgan fingerprint density at radius 2 is 1.81 bits per heavy atom. The third-order valence-electron chi connectivity index (χ3n) is 4.21. The van der Waals surface area contributed by atoms with Crippen molar-refractivity contribution in [2.24, 2.45) is 0 Å². The van der Waals surface area contributed by atoms with Crippen LogP contribution in [0.2, 0.25) is 0 Å². The lowest BCUT2D eigenvalue weighted by molar-refractivity contribution is 0.207. The van der Waals surface area contributed by atoms with Crippen molar-refractivity contribution in [1.29, 1.82) is 0 Å². The molecule has 1 saturated heterocycles. The van der Waals surface area contributed by atoms with E-state index in [4.69, 9.17) is 4.74 Å². The first-order valence-corrected chi connectivity index (χ1v) is 8.85. The minimum Gasteiger partial charge on any atom is -0.489 e. The molecule has 3 rings (SSSR count). The molecule has 1 aliphatic heterocycles. The fraction of sp³-hybridized carbons (Fsp3) is 0.350. The molecule has 2 aromatic carbocycles. The van der Waals surface area contributed by atoms with Gasteiger partial charge in [0.2, 0.25) is 0 Å². The Balaban J connectivity index is 1.60. The molecule has 0 radical (unpaired) electrons. The molecule has 0 bridgehead atoms. The van der Waals surface area contributed by atoms with Crippen molar-refractivity contribution in [2.75, 3.05) is 36.4 Å². The molecular formula is C20H24FN3O2. The molecule has 1 N–H and O–H groups in total. The van der Waals surface area contributed by atoms with Gasteiger partial charge in [-0.2, -0.15) is 0 Å². The van der Waals surface area contributed by atoms with E-state index in [0.717, 1.165) is 24.5 Å². The number of halogens is 1. The molecule has 2 amide bonds. The molecule has 0 aliphatic carbocycles. The average Bonchev–Trinajstić information content (AvgIpc) is 2.62. The van der Waals surface area contributed by atoms with Gasteiger partial charge in [0.05, 0.1) is 11.8 Å². The van der Waals surface area contributed by atoms with Crippen molar-refractivity contribution < 1.29 is 13.9 Å². The summed E-state index contributed by atoms with van der Waals surface area (Å²) < 4.78 is 19.1. The molecule has 0 spiro atoms. The van der Waals surface area contributed by atoms with Gasteiger partial charge in [0.25, 0.3) is 0 Å². The van der Waals surface area contributed by atoms with Crippen molar-refractivity contribution in [3.63, 3.8) is 0 Å². The third-order valence-corrected chi connectivity index (χ3v) is 4.21. The van der Waals surface area contributed by atoms with Crippen molar-refractivity contribution in [1.82, 2.24) is 4.90 Å². The highest BCUT2D eigenvalue weighted by molar-refractivity contribution is 5.89. The Bertz CT molecular complexity index is 758. The van der Waals surface area contributed by atoms with E-state index in [9.17, 15) is 9.18 Å². The van der Waals surface area contributed by atoms with E-state index < -0.39 is 0 Å². The summed E-state index contributed by atoms with van der Waals surface area (Å²) in [6.07, 6.45) is 0.106. The molecule has 1 fully saturated rings. The smallest absolute Gasteiger partial charge is 0.321 e. The number of benzene rings is 2. The normalized spacial score (nSPS) is 14.5. The van der Waals surface area contributed by atoms with Gasteiger partial charge in [-0.25, -0.2) is 9.18 Å². The molecule has 138 valence electrons. The molecule has 0 atom stereocenters. The molecule has 6 heteroatoms. The van der Waals surface area contributed by atoms with Crippen LogP contribution in [0, 0.1) is 5.82 Å². The summed E-state index contributed by atoms with van der Waals surface area (Å²) in [6.45, 7) is 6.63. The number of hydrogen-bond acceptors (Lipinski definition) is 3. The Hall–Kier alpha value is -2.76. The highest BCUT2D eigenvalue weighted by atomic mass is 19.1. The average molecular weight is 357 g/mol. The van der Waals surface area contributed by atoms with Crippen LogP contribution >= 0.6 is 0 Å². The van der Waals surface area contributed by atoms with Crippen molar-refractivity contribution in [3.05, 3.63) is 54.3 Å². The number of rotatable bonds is 4. The topological polar surface area (TPSA) is 44.8 Å². The van der Waals surface area contributed by atoms with Crippen molar-refractivity contribution >= 4 is 17.4 Å². The summed E-state index contributed by atoms with van der Waals surface area (Å²) in [5, 5.41) is 2.75. The number of anilines is 2. The van der Waals surface area contributed by atoms with Crippen LogP contribution in [0.15, 0.2) is 48.5 Å². The lowest BCUT2D eigenvalue weighted by Gasteiger charge is -2.36. The highest BCUT2D eigenvalue weighted by Crippen LogP contribution is 2.29. The van der Waals surface area contributed by atoms with Gasteiger partial charge in [-0.05, 0) is 44.2 Å². The van der Waals surface area contributed by atoms with Crippen LogP contribution in [-0.2, 0) is 0 Å². The number of para-hydroxylation sites is 2. The summed E-state index contributed by atoms with van der Waals surface area (Å²) >= 11 is 0. The van der Waals surface area contributed by atoms with Crippen LogP contribution in [0.5, 0.6) is 5.75 Å². The van der Waals surface area contributed by atoms with E-state index in [1.807, 2.05) is 38.1 Å². The van der Waals surface area contributed by atoms with Crippen LogP contribution in [0.3, 0.4) is 0 Å². The zero-order chi connectivity index (χ0) is 18.5. The first kappa shape index (κ1) is 18.0. The van der Waals surface area contributed by atoms with E-state index in [-0.39, 0.29) is 18.0 Å². The van der Waals surface area contributed by atoms with Crippen molar-refractivity contribution in [2.45, 2.75) is 20.0 Å². The molecule has 0 aromatic heterocycles. The number of ether oxygens (including phenoxy) is 1. The van der Waals surface area contributed by atoms with Gasteiger partial charge in [-0.15, -0.1) is 0 Å². The predicted molar refractivity (Wildman–Crippen MR) is 101 cm³/mol. The Morgan fingerprint density at radius 1 is 1.08 bits per heavy atom. The second-order valence-corrected chi connectivity index (χ2v) is 6.55. The lowest BCUT2D eigenvalue weighted by atomic mass is 10.2. The zero-order valence-electron chi connectivity index (χ0n) is 15.1. The monoisotopic (exact) mass is 357 g/mol. The number of nitrogens with one attached hydrogen (secondary N) is 1. The number of nitrogens with zero attached hydrogens (tertiary/aromatic N) is 2. The second kappa shape index (κ2) is 8.08. The third kappa shape index (κ3) is 4.45. The van der Waals surface area contributed by atoms with Crippen LogP contribution in [0.25, 0.3) is 0 Å². The summed E-state index contributed by atoms with van der Waals surface area (Å²) in [4.78, 5) is 16.4. The summed E-state index contributed by atoms with van der Waals surface area (Å²) in [5.41, 5.74) is 1.51. The Kier molecular flexibility index (Phi) is 5.61. The Morgan fingerprint density at radius 3 is 2.50 bits per heavy atom. The number of piperazine rings is 1. The maximum atomic E-state index is 13.2. The predicted octanol–water partition coefficient (Wildman–Crippen LogP) is 3.97. The fourth-order valence-electron chi connectivity index (χ4n) is 2.99. The SMILES string of the molecule is CC(C)Oc1ccccc1N1CCN(C(=O)Nc2cccc(F)c2)CC1. The molecule has 1 aliphatic rings. The molecule has 0 unspecified atom stereocenters. The molecule has 0 saturated carbocycles. The number of urea groups is 1. The molecule has 5 nitrogen and oxygen atoms in total. The Labute approximate surface area is 153 Å². The number of amides is 2. The van der Waals surface area contributed by atoms with Crippen LogP contribution in [0.4, 0.5) is 20.6 Å². The highest BCUT2D eigenvalue weighted by Gasteiger charge is 2.23. The van der Waals surface area contributed by atoms with Gasteiger partial charge < -0.3 is 19.9 Å². The van der Waals surface area contributed by atoms with E-state index >= 15 is 0 Å². The van der Waals surface area contributed by atoms with Gasteiger partial charge >= 0.3 is 6.03 Å². The molecule has 26 heavy (non-hydrogen) atoms. The second-order valence-electron chi connectivity index (χ2n) is 6.55. The van der Waals surface area contributed by atoms with Crippen LogP contribution in [0.1, 0.15) is 13.8 Å². The first-order valence-electron chi connectivity index (χ1n) is 8.85. The van der Waals surface area contributed by atoms with E-state index in [1.165, 1.54) is 12.1 Å². The minimum atomic E-state index is -0.366. The molecule has 2 aromatic rings. The fourth-order valence-corrected chi connectivity index (χ4v) is 2.99. The summed E-state index contributed by atoms with van der Waals surface area (Å²) in [7, 11) is 0. The van der Waals surface area contributed by atoms with Gasteiger partial charge in [0.15, 0.2) is 0 Å². The quantitative estimate of drug-likeness (QED) is 0.901. The number of carbonyl (C=O) groups excluding carboxylic acids is 1. The first-order chi connectivity index (χ1) is 12.5.